The molecular weight excluding hydrogens is 252 g/mol. The van der Waals surface area contributed by atoms with Gasteiger partial charge in [0.2, 0.25) is 0 Å². The van der Waals surface area contributed by atoms with Gasteiger partial charge in [-0.1, -0.05) is 0 Å². The topological polar surface area (TPSA) is 110 Å². The molecule has 0 saturated heterocycles. The van der Waals surface area contributed by atoms with Crippen LogP contribution >= 0.6 is 0 Å². The lowest BCUT2D eigenvalue weighted by Crippen LogP contribution is -2.15. The van der Waals surface area contributed by atoms with Crippen molar-refractivity contribution in [3.05, 3.63) is 0 Å². The molecule has 0 rings (SSSR count). The standard InChI is InChI=1S/CH2O7S4/c2-1(7-11(3,4)9)8-12(5,6)10/h(H,3,4,9)(H,5,6,10). The summed E-state index contributed by atoms with van der Waals surface area (Å²) >= 11 is 7.40. The van der Waals surface area contributed by atoms with E-state index in [0.29, 0.717) is 0 Å². The lowest BCUT2D eigenvalue weighted by molar-refractivity contribution is 0.154. The van der Waals surface area contributed by atoms with Crippen LogP contribution in [0.15, 0.2) is 0 Å². The minimum atomic E-state index is -4.22. The molecule has 72 valence electrons. The summed E-state index contributed by atoms with van der Waals surface area (Å²) in [4.78, 5) is 10.2. The van der Waals surface area contributed by atoms with Crippen molar-refractivity contribution in [1.82, 2.24) is 0 Å². The maximum absolute atomic E-state index is 10.2. The SMILES string of the molecule is O=C(OS(=O)(O)=S)OS(=O)(O)=S. The molecule has 0 amide bonds. The quantitative estimate of drug-likeness (QED) is 0.667. The fourth-order valence-corrected chi connectivity index (χ4v) is 0.974. The second kappa shape index (κ2) is 3.76. The van der Waals surface area contributed by atoms with Crippen LogP contribution in [-0.4, -0.2) is 23.7 Å². The van der Waals surface area contributed by atoms with Gasteiger partial charge in [0.1, 0.15) is 0 Å². The highest BCUT2D eigenvalue weighted by Gasteiger charge is 2.16. The van der Waals surface area contributed by atoms with Crippen molar-refractivity contribution >= 4 is 46.6 Å². The lowest BCUT2D eigenvalue weighted by Gasteiger charge is -2.00. The Morgan fingerprint density at radius 3 is 1.50 bits per heavy atom. The summed E-state index contributed by atoms with van der Waals surface area (Å²) in [5, 5.41) is 0. The fraction of sp³-hybridized carbons (Fsp3) is 0. The van der Waals surface area contributed by atoms with Gasteiger partial charge in [0.15, 0.2) is 0 Å². The first kappa shape index (κ1) is 11.9. The zero-order valence-electron chi connectivity index (χ0n) is 5.07. The van der Waals surface area contributed by atoms with Gasteiger partial charge in [0.05, 0.1) is 22.4 Å². The Kier molecular flexibility index (Phi) is 3.74. The Bertz CT molecular complexity index is 322. The van der Waals surface area contributed by atoms with Crippen molar-refractivity contribution in [3.63, 3.8) is 0 Å². The van der Waals surface area contributed by atoms with Gasteiger partial charge in [-0.25, -0.2) is 4.79 Å². The number of carbonyl (C=O) groups is 1. The summed E-state index contributed by atoms with van der Waals surface area (Å²) in [6.07, 6.45) is -1.88. The average molecular weight is 254 g/mol. The molecule has 0 radical (unpaired) electrons. The van der Waals surface area contributed by atoms with Gasteiger partial charge in [-0.15, -0.1) is 0 Å². The molecule has 7 nitrogen and oxygen atoms in total. The van der Waals surface area contributed by atoms with Crippen molar-refractivity contribution in [3.8, 4) is 0 Å². The van der Waals surface area contributed by atoms with Crippen LogP contribution in [0.4, 0.5) is 4.79 Å². The zero-order chi connectivity index (χ0) is 9.99. The predicted octanol–water partition coefficient (Wildman–Crippen LogP) is -0.592. The molecule has 0 saturated carbocycles. The summed E-state index contributed by atoms with van der Waals surface area (Å²) in [6.45, 7) is 0. The molecule has 0 fully saturated rings. The molecule has 11 heteroatoms. The van der Waals surface area contributed by atoms with Crippen LogP contribution in [0.1, 0.15) is 0 Å². The number of carbonyl (C=O) groups excluding carboxylic acids is 1. The molecule has 0 heterocycles. The van der Waals surface area contributed by atoms with Crippen LogP contribution in [-0.2, 0) is 48.8 Å². The molecule has 0 aliphatic heterocycles. The number of hydrogen-bond donors (Lipinski definition) is 2. The van der Waals surface area contributed by atoms with Gasteiger partial charge in [0.25, 0.3) is 0 Å². The minimum Gasteiger partial charge on any atom is -0.310 e. The summed E-state index contributed by atoms with van der Waals surface area (Å²) in [5.41, 5.74) is 0. The van der Waals surface area contributed by atoms with Crippen LogP contribution in [0.3, 0.4) is 0 Å². The van der Waals surface area contributed by atoms with Crippen molar-refractivity contribution in [2.24, 2.45) is 0 Å². The molecule has 0 aromatic carbocycles. The third kappa shape index (κ3) is 8.03. The van der Waals surface area contributed by atoms with E-state index >= 15 is 0 Å². The van der Waals surface area contributed by atoms with Crippen LogP contribution in [0, 0.1) is 0 Å². The second-order valence-corrected chi connectivity index (χ2v) is 5.84. The van der Waals surface area contributed by atoms with E-state index in [1.54, 1.807) is 0 Å². The van der Waals surface area contributed by atoms with Gasteiger partial charge in [-0.2, -0.15) is 8.42 Å². The maximum Gasteiger partial charge on any atom is 0.540 e. The molecule has 0 aliphatic rings. The van der Waals surface area contributed by atoms with Gasteiger partial charge in [0, 0.05) is 0 Å². The van der Waals surface area contributed by atoms with Gasteiger partial charge < -0.3 is 8.37 Å². The molecule has 0 aromatic rings. The number of hydrogen-bond acceptors (Lipinski definition) is 7. The monoisotopic (exact) mass is 254 g/mol. The summed E-state index contributed by atoms with van der Waals surface area (Å²) < 4.78 is 43.5. The smallest absolute Gasteiger partial charge is 0.310 e. The molecule has 0 bridgehead atoms. The first-order valence-electron chi connectivity index (χ1n) is 1.98. The van der Waals surface area contributed by atoms with Crippen LogP contribution < -0.4 is 0 Å². The van der Waals surface area contributed by atoms with E-state index < -0.39 is 24.3 Å². The van der Waals surface area contributed by atoms with Crippen LogP contribution in [0.25, 0.3) is 0 Å². The summed E-state index contributed by atoms with van der Waals surface area (Å²) in [6, 6.07) is 0. The van der Waals surface area contributed by atoms with Crippen molar-refractivity contribution < 1.29 is 30.7 Å². The van der Waals surface area contributed by atoms with E-state index in [9.17, 15) is 13.2 Å². The Labute approximate surface area is 77.5 Å². The van der Waals surface area contributed by atoms with E-state index in [2.05, 4.69) is 30.7 Å². The second-order valence-electron chi connectivity index (χ2n) is 1.27. The fourth-order valence-electron chi connectivity index (χ4n) is 0.186. The summed E-state index contributed by atoms with van der Waals surface area (Å²) in [5.74, 6) is 0. The number of rotatable bonds is 2. The van der Waals surface area contributed by atoms with Crippen LogP contribution in [0.5, 0.6) is 0 Å². The molecule has 12 heavy (non-hydrogen) atoms. The van der Waals surface area contributed by atoms with E-state index in [4.69, 9.17) is 9.11 Å². The van der Waals surface area contributed by atoms with Gasteiger partial charge in [-0.05, 0) is 0 Å². The minimum absolute atomic E-state index is 1.88. The highest BCUT2D eigenvalue weighted by atomic mass is 32.9. The molecular formula is CH2O7S4. The molecule has 0 spiro atoms. The summed E-state index contributed by atoms with van der Waals surface area (Å²) in [7, 11) is -8.44. The van der Waals surface area contributed by atoms with Crippen LogP contribution in [0.2, 0.25) is 0 Å². The van der Waals surface area contributed by atoms with E-state index in [-0.39, 0.29) is 0 Å². The first-order valence-corrected chi connectivity index (χ1v) is 6.71. The van der Waals surface area contributed by atoms with E-state index in [0.717, 1.165) is 0 Å². The molecule has 2 atom stereocenters. The molecule has 0 aliphatic carbocycles. The lowest BCUT2D eigenvalue weighted by atomic mass is 11.5. The molecule has 0 aromatic heterocycles. The first-order chi connectivity index (χ1) is 5.10. The molecule has 2 N–H and O–H groups in total. The maximum atomic E-state index is 10.2. The van der Waals surface area contributed by atoms with Gasteiger partial charge in [-0.3, -0.25) is 9.11 Å². The predicted molar refractivity (Wildman–Crippen MR) is 43.8 cm³/mol. The average Bonchev–Trinajstić information content (AvgIpc) is 1.49. The third-order valence-corrected chi connectivity index (χ3v) is 1.45. The Morgan fingerprint density at radius 1 is 1.08 bits per heavy atom. The third-order valence-electron chi connectivity index (χ3n) is 0.347. The highest BCUT2D eigenvalue weighted by Crippen LogP contribution is 1.96. The van der Waals surface area contributed by atoms with E-state index in [1.165, 1.54) is 0 Å². The molecule has 2 unspecified atom stereocenters. The van der Waals surface area contributed by atoms with Gasteiger partial charge >= 0.3 is 24.3 Å². The van der Waals surface area contributed by atoms with Crippen molar-refractivity contribution in [1.29, 1.82) is 0 Å². The Morgan fingerprint density at radius 2 is 1.33 bits per heavy atom. The Balaban J connectivity index is 4.30. The largest absolute Gasteiger partial charge is 0.540 e. The Hall–Kier alpha value is -0.0700. The van der Waals surface area contributed by atoms with Crippen molar-refractivity contribution in [2.75, 3.05) is 0 Å². The zero-order valence-corrected chi connectivity index (χ0v) is 8.33. The highest BCUT2D eigenvalue weighted by molar-refractivity contribution is 8.27. The normalized spacial score (nSPS) is 20.2. The van der Waals surface area contributed by atoms with E-state index in [1.807, 2.05) is 0 Å². The van der Waals surface area contributed by atoms with Crippen molar-refractivity contribution in [2.45, 2.75) is 0 Å².